The zero-order valence-electron chi connectivity index (χ0n) is 17.6. The van der Waals surface area contributed by atoms with Gasteiger partial charge < -0.3 is 19.0 Å². The van der Waals surface area contributed by atoms with Gasteiger partial charge in [0.05, 0.1) is 18.1 Å². The molecule has 4 aromatic heterocycles. The second kappa shape index (κ2) is 10.1. The molecule has 0 saturated carbocycles. The number of aromatic nitrogens is 4. The Morgan fingerprint density at radius 1 is 1.21 bits per heavy atom. The van der Waals surface area contributed by atoms with Crippen LogP contribution in [0.4, 0.5) is 10.2 Å². The maximum Gasteiger partial charge on any atom is 0.472 e. The van der Waals surface area contributed by atoms with Crippen molar-refractivity contribution in [1.29, 1.82) is 0 Å². The molecule has 0 bridgehead atoms. The van der Waals surface area contributed by atoms with Gasteiger partial charge in [-0.25, -0.2) is 23.0 Å². The van der Waals surface area contributed by atoms with Crippen LogP contribution in [0.25, 0.3) is 11.3 Å². The van der Waals surface area contributed by atoms with E-state index in [2.05, 4.69) is 19.6 Å². The largest absolute Gasteiger partial charge is 0.473 e. The average Bonchev–Trinajstić information content (AvgIpc) is 3.26. The van der Waals surface area contributed by atoms with Gasteiger partial charge in [-0.15, -0.1) is 0 Å². The van der Waals surface area contributed by atoms with Gasteiger partial charge in [0.2, 0.25) is 12.6 Å². The smallest absolute Gasteiger partial charge is 0.472 e. The molecule has 0 fully saturated rings. The predicted molar refractivity (Wildman–Crippen MR) is 115 cm³/mol. The number of nitrogen functional groups attached to an aromatic ring is 1. The molecule has 4 heterocycles. The summed E-state index contributed by atoms with van der Waals surface area (Å²) >= 11 is 0. The highest BCUT2D eigenvalue weighted by atomic mass is 31.2. The summed E-state index contributed by atoms with van der Waals surface area (Å²) < 4.78 is 41.3. The Kier molecular flexibility index (Phi) is 6.94. The maximum atomic E-state index is 13.6. The lowest BCUT2D eigenvalue weighted by Gasteiger charge is -2.07. The molecule has 0 atom stereocenters. The summed E-state index contributed by atoms with van der Waals surface area (Å²) in [6, 6.07) is 10.1. The SMILES string of the molecule is Nc1c(-c2cc(Cc3ccc(OCc4ccncc4F)nc3)no2)ccc[n+]1COP(=O)(O)O. The highest BCUT2D eigenvalue weighted by Gasteiger charge is 2.20. The number of pyridine rings is 3. The van der Waals surface area contributed by atoms with Crippen LogP contribution in [-0.4, -0.2) is 24.9 Å². The van der Waals surface area contributed by atoms with Crippen LogP contribution < -0.4 is 15.0 Å². The first-order valence-corrected chi connectivity index (χ1v) is 11.4. The van der Waals surface area contributed by atoms with Crippen LogP contribution in [-0.2, 0) is 28.8 Å². The van der Waals surface area contributed by atoms with Crippen molar-refractivity contribution in [3.63, 3.8) is 0 Å². The highest BCUT2D eigenvalue weighted by molar-refractivity contribution is 7.46. The number of hydrogen-bond acceptors (Lipinski definition) is 8. The van der Waals surface area contributed by atoms with Gasteiger partial charge in [0.15, 0.2) is 5.76 Å². The third-order valence-electron chi connectivity index (χ3n) is 4.72. The molecule has 176 valence electrons. The average molecular weight is 488 g/mol. The van der Waals surface area contributed by atoms with Gasteiger partial charge in [0, 0.05) is 36.5 Å². The summed E-state index contributed by atoms with van der Waals surface area (Å²) in [5.74, 6) is 0.470. The zero-order chi connectivity index (χ0) is 24.1. The first-order valence-electron chi connectivity index (χ1n) is 9.88. The van der Waals surface area contributed by atoms with Crippen molar-refractivity contribution in [3.05, 3.63) is 83.8 Å². The normalized spacial score (nSPS) is 11.5. The second-order valence-electron chi connectivity index (χ2n) is 7.15. The van der Waals surface area contributed by atoms with Crippen molar-refractivity contribution in [2.24, 2.45) is 0 Å². The van der Waals surface area contributed by atoms with Crippen molar-refractivity contribution in [2.45, 2.75) is 19.8 Å². The van der Waals surface area contributed by atoms with Gasteiger partial charge in [0.25, 0.3) is 5.82 Å². The molecule has 0 amide bonds. The van der Waals surface area contributed by atoms with Crippen LogP contribution in [0.3, 0.4) is 0 Å². The molecule has 0 saturated heterocycles. The van der Waals surface area contributed by atoms with Crippen molar-refractivity contribution in [3.8, 4) is 17.2 Å². The van der Waals surface area contributed by atoms with E-state index in [1.807, 2.05) is 6.07 Å². The summed E-state index contributed by atoms with van der Waals surface area (Å²) in [6.07, 6.45) is 6.17. The van der Waals surface area contributed by atoms with Crippen molar-refractivity contribution >= 4 is 13.6 Å². The first-order chi connectivity index (χ1) is 16.3. The van der Waals surface area contributed by atoms with Crippen LogP contribution in [0.15, 0.2) is 65.7 Å². The summed E-state index contributed by atoms with van der Waals surface area (Å²) in [7, 11) is -4.65. The van der Waals surface area contributed by atoms with Crippen LogP contribution >= 0.6 is 7.82 Å². The number of nitrogens with zero attached hydrogens (tertiary/aromatic N) is 4. The second-order valence-corrected chi connectivity index (χ2v) is 8.38. The third-order valence-corrected chi connectivity index (χ3v) is 5.17. The standard InChI is InChI=1S/C21H19FN5O6P/c22-18-11-24-6-5-15(18)12-31-20-4-3-14(10-25-20)8-16-9-19(33-26-16)17-2-1-7-27(21(17)23)13-32-34(28,29)30/h1-7,9-11,23H,8,12-13H2,(H2,28,29,30)/p+1. The van der Waals surface area contributed by atoms with Gasteiger partial charge in [0.1, 0.15) is 18.0 Å². The lowest BCUT2D eigenvalue weighted by atomic mass is 10.1. The van der Waals surface area contributed by atoms with Crippen molar-refractivity contribution < 1.29 is 37.1 Å². The van der Waals surface area contributed by atoms with E-state index >= 15 is 0 Å². The maximum absolute atomic E-state index is 13.6. The quantitative estimate of drug-likeness (QED) is 0.236. The number of hydrogen-bond donors (Lipinski definition) is 3. The van der Waals surface area contributed by atoms with Crippen LogP contribution in [0.1, 0.15) is 16.8 Å². The molecular formula is C21H20FN5O6P+. The molecule has 0 aliphatic carbocycles. The highest BCUT2D eigenvalue weighted by Crippen LogP contribution is 2.35. The van der Waals surface area contributed by atoms with E-state index in [4.69, 9.17) is 24.8 Å². The number of anilines is 1. The minimum absolute atomic E-state index is 0.0328. The number of phosphoric acid groups is 1. The zero-order valence-corrected chi connectivity index (χ0v) is 18.5. The number of rotatable bonds is 9. The van der Waals surface area contributed by atoms with Crippen LogP contribution in [0.5, 0.6) is 5.88 Å². The van der Waals surface area contributed by atoms with E-state index in [0.29, 0.717) is 34.9 Å². The summed E-state index contributed by atoms with van der Waals surface area (Å²) in [6.45, 7) is -0.399. The molecule has 0 aliphatic rings. The molecule has 4 aromatic rings. The summed E-state index contributed by atoms with van der Waals surface area (Å²) in [5, 5.41) is 4.05. The molecule has 0 aliphatic heterocycles. The monoisotopic (exact) mass is 488 g/mol. The molecule has 0 aromatic carbocycles. The van der Waals surface area contributed by atoms with Gasteiger partial charge in [-0.1, -0.05) is 11.2 Å². The lowest BCUT2D eigenvalue weighted by molar-refractivity contribution is -0.711. The fraction of sp³-hybridized carbons (Fsp3) is 0.143. The molecule has 11 nitrogen and oxygen atoms in total. The van der Waals surface area contributed by atoms with Crippen molar-refractivity contribution in [2.75, 3.05) is 5.73 Å². The topological polar surface area (TPSA) is 158 Å². The van der Waals surface area contributed by atoms with E-state index < -0.39 is 20.4 Å². The van der Waals surface area contributed by atoms with Gasteiger partial charge in [-0.3, -0.25) is 10.7 Å². The molecular weight excluding hydrogens is 468 g/mol. The Morgan fingerprint density at radius 3 is 2.79 bits per heavy atom. The van der Waals surface area contributed by atoms with E-state index in [9.17, 15) is 8.96 Å². The first kappa shape index (κ1) is 23.5. The third kappa shape index (κ3) is 6.00. The van der Waals surface area contributed by atoms with E-state index in [1.54, 1.807) is 30.5 Å². The molecule has 13 heteroatoms. The Morgan fingerprint density at radius 2 is 2.06 bits per heavy atom. The Balaban J connectivity index is 1.40. The number of ether oxygens (including phenoxy) is 1. The summed E-state index contributed by atoms with van der Waals surface area (Å²) in [4.78, 5) is 25.7. The number of phosphoric ester groups is 1. The molecule has 4 rings (SSSR count). The Labute approximate surface area is 192 Å². The predicted octanol–water partition coefficient (Wildman–Crippen LogP) is 2.38. The minimum Gasteiger partial charge on any atom is -0.473 e. The Hall–Kier alpha value is -3.70. The van der Waals surface area contributed by atoms with Gasteiger partial charge >= 0.3 is 7.82 Å². The molecule has 4 N–H and O–H groups in total. The van der Waals surface area contributed by atoms with E-state index in [-0.39, 0.29) is 12.4 Å². The lowest BCUT2D eigenvalue weighted by Crippen LogP contribution is -2.38. The molecule has 34 heavy (non-hydrogen) atoms. The minimum atomic E-state index is -4.65. The fourth-order valence-corrected chi connectivity index (χ4v) is 3.30. The van der Waals surface area contributed by atoms with Crippen LogP contribution in [0, 0.1) is 5.82 Å². The molecule has 0 radical (unpaired) electrons. The fourth-order valence-electron chi connectivity index (χ4n) is 3.03. The van der Waals surface area contributed by atoms with Gasteiger partial charge in [-0.2, -0.15) is 0 Å². The number of nitrogens with two attached hydrogens (primary N) is 1. The van der Waals surface area contributed by atoms with Crippen LogP contribution in [0.2, 0.25) is 0 Å². The van der Waals surface area contributed by atoms with Crippen molar-refractivity contribution in [1.82, 2.24) is 15.1 Å². The number of halogens is 1. The van der Waals surface area contributed by atoms with Gasteiger partial charge in [-0.05, 0) is 23.8 Å². The Bertz CT molecular complexity index is 1330. The van der Waals surface area contributed by atoms with E-state index in [1.165, 1.54) is 23.0 Å². The molecule has 0 spiro atoms. The summed E-state index contributed by atoms with van der Waals surface area (Å²) in [5.41, 5.74) is 8.42. The molecule has 0 unspecified atom stereocenters. The van der Waals surface area contributed by atoms with E-state index in [0.717, 1.165) is 11.8 Å².